The zero-order chi connectivity index (χ0) is 14.1. The summed E-state index contributed by atoms with van der Waals surface area (Å²) in [6.07, 6.45) is 0.456. The van der Waals surface area contributed by atoms with E-state index in [1.54, 1.807) is 17.0 Å². The van der Waals surface area contributed by atoms with Gasteiger partial charge in [-0.3, -0.25) is 9.69 Å². The lowest BCUT2D eigenvalue weighted by molar-refractivity contribution is -0.117. The van der Waals surface area contributed by atoms with Gasteiger partial charge in [0, 0.05) is 23.2 Å². The second kappa shape index (κ2) is 5.17. The van der Waals surface area contributed by atoms with Gasteiger partial charge in [-0.05, 0) is 43.3 Å². The Morgan fingerprint density at radius 1 is 1.15 bits per heavy atom. The Kier molecular flexibility index (Phi) is 3.36. The Morgan fingerprint density at radius 3 is 2.60 bits per heavy atom. The Bertz CT molecular complexity index is 639. The average molecular weight is 287 g/mol. The van der Waals surface area contributed by atoms with E-state index in [1.165, 1.54) is 0 Å². The van der Waals surface area contributed by atoms with Crippen LogP contribution in [0.3, 0.4) is 0 Å². The molecule has 1 aliphatic rings. The largest absolute Gasteiger partial charge is 0.380 e. The third-order valence-corrected chi connectivity index (χ3v) is 3.61. The van der Waals surface area contributed by atoms with E-state index in [9.17, 15) is 4.79 Å². The van der Waals surface area contributed by atoms with Crippen LogP contribution >= 0.6 is 11.6 Å². The van der Waals surface area contributed by atoms with Gasteiger partial charge in [-0.25, -0.2) is 0 Å². The van der Waals surface area contributed by atoms with Crippen molar-refractivity contribution in [3.05, 3.63) is 53.6 Å². The number of anilines is 3. The highest BCUT2D eigenvalue weighted by Crippen LogP contribution is 2.36. The highest BCUT2D eigenvalue weighted by atomic mass is 35.5. The number of carbonyl (C=O) groups excluding carboxylic acids is 1. The molecule has 1 aliphatic heterocycles. The maximum atomic E-state index is 12.5. The predicted octanol–water partition coefficient (Wildman–Crippen LogP) is 4.21. The molecule has 3 rings (SSSR count). The maximum Gasteiger partial charge on any atom is 0.233 e. The highest BCUT2D eigenvalue weighted by molar-refractivity contribution is 6.30. The minimum atomic E-state index is 0.0808. The third-order valence-electron chi connectivity index (χ3n) is 3.36. The van der Waals surface area contributed by atoms with E-state index in [1.807, 2.05) is 43.3 Å². The van der Waals surface area contributed by atoms with E-state index in [4.69, 9.17) is 11.6 Å². The fourth-order valence-corrected chi connectivity index (χ4v) is 2.59. The van der Waals surface area contributed by atoms with E-state index in [0.29, 0.717) is 11.4 Å². The molecule has 102 valence electrons. The van der Waals surface area contributed by atoms with E-state index in [0.717, 1.165) is 17.1 Å². The number of rotatable bonds is 1. The van der Waals surface area contributed by atoms with Crippen LogP contribution in [-0.2, 0) is 4.79 Å². The van der Waals surface area contributed by atoms with Crippen molar-refractivity contribution in [3.63, 3.8) is 0 Å². The van der Waals surface area contributed by atoms with Crippen LogP contribution in [0, 0.1) is 0 Å². The summed E-state index contributed by atoms with van der Waals surface area (Å²) in [5.74, 6) is 0.0808. The summed E-state index contributed by atoms with van der Waals surface area (Å²) in [4.78, 5) is 14.3. The van der Waals surface area contributed by atoms with Gasteiger partial charge in [0.25, 0.3) is 0 Å². The monoisotopic (exact) mass is 286 g/mol. The van der Waals surface area contributed by atoms with Crippen molar-refractivity contribution in [1.82, 2.24) is 0 Å². The van der Waals surface area contributed by atoms with Gasteiger partial charge in [0.05, 0.1) is 11.4 Å². The van der Waals surface area contributed by atoms with Crippen molar-refractivity contribution in [1.29, 1.82) is 0 Å². The van der Waals surface area contributed by atoms with Gasteiger partial charge in [-0.2, -0.15) is 0 Å². The SMILES string of the molecule is CC1CC(=O)N(c2ccc(Cl)cc2)c2ccccc2N1. The second-order valence-electron chi connectivity index (χ2n) is 4.97. The number of hydrogen-bond acceptors (Lipinski definition) is 2. The molecule has 1 unspecified atom stereocenters. The fraction of sp³-hybridized carbons (Fsp3) is 0.188. The van der Waals surface area contributed by atoms with Crippen LogP contribution in [0.1, 0.15) is 13.3 Å². The standard InChI is InChI=1S/C16H15ClN2O/c1-11-10-16(20)19(13-8-6-12(17)7-9-13)15-5-3-2-4-14(15)18-11/h2-9,11,18H,10H2,1H3. The van der Waals surface area contributed by atoms with Crippen molar-refractivity contribution in [2.24, 2.45) is 0 Å². The maximum absolute atomic E-state index is 12.5. The van der Waals surface area contributed by atoms with Crippen molar-refractivity contribution in [3.8, 4) is 0 Å². The van der Waals surface area contributed by atoms with Gasteiger partial charge < -0.3 is 5.32 Å². The molecular formula is C16H15ClN2O. The molecular weight excluding hydrogens is 272 g/mol. The number of nitrogens with zero attached hydrogens (tertiary/aromatic N) is 1. The number of nitrogens with one attached hydrogen (secondary N) is 1. The molecule has 0 saturated carbocycles. The average Bonchev–Trinajstić information content (AvgIpc) is 2.55. The van der Waals surface area contributed by atoms with Gasteiger partial charge in [0.2, 0.25) is 5.91 Å². The minimum absolute atomic E-state index is 0.0808. The number of fused-ring (bicyclic) bond motifs is 1. The quantitative estimate of drug-likeness (QED) is 0.852. The van der Waals surface area contributed by atoms with E-state index >= 15 is 0 Å². The van der Waals surface area contributed by atoms with Crippen LogP contribution in [-0.4, -0.2) is 11.9 Å². The minimum Gasteiger partial charge on any atom is -0.380 e. The first-order valence-electron chi connectivity index (χ1n) is 6.59. The zero-order valence-electron chi connectivity index (χ0n) is 11.1. The van der Waals surface area contributed by atoms with E-state index < -0.39 is 0 Å². The van der Waals surface area contributed by atoms with Crippen LogP contribution in [0.2, 0.25) is 5.02 Å². The van der Waals surface area contributed by atoms with Gasteiger partial charge in [-0.15, -0.1) is 0 Å². The number of benzene rings is 2. The molecule has 1 N–H and O–H groups in total. The summed E-state index contributed by atoms with van der Waals surface area (Å²) in [6, 6.07) is 15.3. The normalized spacial score (nSPS) is 18.2. The lowest BCUT2D eigenvalue weighted by Crippen LogP contribution is -2.27. The number of amides is 1. The number of para-hydroxylation sites is 2. The van der Waals surface area contributed by atoms with Gasteiger partial charge in [0.15, 0.2) is 0 Å². The van der Waals surface area contributed by atoms with Crippen molar-refractivity contribution in [2.45, 2.75) is 19.4 Å². The Labute approximate surface area is 123 Å². The van der Waals surface area contributed by atoms with Crippen molar-refractivity contribution >= 4 is 34.6 Å². The molecule has 3 nitrogen and oxygen atoms in total. The summed E-state index contributed by atoms with van der Waals surface area (Å²) in [5, 5.41) is 4.04. The van der Waals surface area contributed by atoms with Gasteiger partial charge in [0.1, 0.15) is 0 Å². The molecule has 2 aromatic carbocycles. The zero-order valence-corrected chi connectivity index (χ0v) is 11.9. The molecule has 0 fully saturated rings. The molecule has 0 aromatic heterocycles. The third kappa shape index (κ3) is 2.37. The van der Waals surface area contributed by atoms with Crippen molar-refractivity contribution < 1.29 is 4.79 Å². The van der Waals surface area contributed by atoms with E-state index in [2.05, 4.69) is 5.32 Å². The lowest BCUT2D eigenvalue weighted by Gasteiger charge is -2.22. The van der Waals surface area contributed by atoms with Crippen LogP contribution in [0.15, 0.2) is 48.5 Å². The summed E-state index contributed by atoms with van der Waals surface area (Å²) < 4.78 is 0. The van der Waals surface area contributed by atoms with Crippen LogP contribution in [0.5, 0.6) is 0 Å². The summed E-state index contributed by atoms with van der Waals surface area (Å²) >= 11 is 5.93. The van der Waals surface area contributed by atoms with Crippen molar-refractivity contribution in [2.75, 3.05) is 10.2 Å². The molecule has 0 aliphatic carbocycles. The van der Waals surface area contributed by atoms with Gasteiger partial charge in [-0.1, -0.05) is 23.7 Å². The molecule has 0 radical (unpaired) electrons. The van der Waals surface area contributed by atoms with Crippen LogP contribution < -0.4 is 10.2 Å². The molecule has 20 heavy (non-hydrogen) atoms. The fourth-order valence-electron chi connectivity index (χ4n) is 2.47. The summed E-state index contributed by atoms with van der Waals surface area (Å²) in [6.45, 7) is 2.01. The lowest BCUT2D eigenvalue weighted by atomic mass is 10.2. The Balaban J connectivity index is 2.12. The summed E-state index contributed by atoms with van der Waals surface area (Å²) in [7, 11) is 0. The molecule has 1 heterocycles. The molecule has 4 heteroatoms. The molecule has 0 saturated heterocycles. The predicted molar refractivity (Wildman–Crippen MR) is 82.7 cm³/mol. The second-order valence-corrected chi connectivity index (χ2v) is 5.41. The smallest absolute Gasteiger partial charge is 0.233 e. The molecule has 0 spiro atoms. The number of hydrogen-bond donors (Lipinski definition) is 1. The number of halogens is 1. The topological polar surface area (TPSA) is 32.3 Å². The number of carbonyl (C=O) groups is 1. The first kappa shape index (κ1) is 13.0. The first-order valence-corrected chi connectivity index (χ1v) is 6.97. The molecule has 1 amide bonds. The van der Waals surface area contributed by atoms with Gasteiger partial charge >= 0.3 is 0 Å². The Hall–Kier alpha value is -2.00. The van der Waals surface area contributed by atoms with Crippen LogP contribution in [0.25, 0.3) is 0 Å². The summed E-state index contributed by atoms with van der Waals surface area (Å²) in [5.41, 5.74) is 2.69. The Morgan fingerprint density at radius 2 is 1.85 bits per heavy atom. The highest BCUT2D eigenvalue weighted by Gasteiger charge is 2.26. The molecule has 0 bridgehead atoms. The first-order chi connectivity index (χ1) is 9.65. The van der Waals surface area contributed by atoms with E-state index in [-0.39, 0.29) is 11.9 Å². The molecule has 1 atom stereocenters. The van der Waals surface area contributed by atoms with Crippen LogP contribution in [0.4, 0.5) is 17.1 Å². The molecule has 2 aromatic rings.